The summed E-state index contributed by atoms with van der Waals surface area (Å²) >= 11 is 0. The van der Waals surface area contributed by atoms with Crippen LogP contribution in [0.25, 0.3) is 10.9 Å². The molecule has 0 saturated heterocycles. The lowest BCUT2D eigenvalue weighted by molar-refractivity contribution is 0.0954. The van der Waals surface area contributed by atoms with E-state index in [0.717, 1.165) is 0 Å². The summed E-state index contributed by atoms with van der Waals surface area (Å²) in [5.74, 6) is -0.880. The molecule has 0 bridgehead atoms. The van der Waals surface area contributed by atoms with Crippen LogP contribution in [0.1, 0.15) is 16.8 Å². The van der Waals surface area contributed by atoms with Gasteiger partial charge in [0.1, 0.15) is 18.5 Å². The predicted octanol–water partition coefficient (Wildman–Crippen LogP) is 1.08. The fourth-order valence-electron chi connectivity index (χ4n) is 2.30. The first-order valence-corrected chi connectivity index (χ1v) is 7.07. The second-order valence-corrected chi connectivity index (χ2v) is 5.01. The largest absolute Gasteiger partial charge is 0.352 e. The Hall–Kier alpha value is -3.03. The summed E-state index contributed by atoms with van der Waals surface area (Å²) in [6.45, 7) is 1.02. The third-order valence-electron chi connectivity index (χ3n) is 3.37. The SMILES string of the molecule is O=C(NCCCn1cncn1)c1cc(=O)[nH]c2ccc(F)cc12. The highest BCUT2D eigenvalue weighted by Gasteiger charge is 2.12. The molecular formula is C15H14FN5O2. The molecule has 0 aliphatic carbocycles. The van der Waals surface area contributed by atoms with Crippen molar-refractivity contribution in [3.63, 3.8) is 0 Å². The number of rotatable bonds is 5. The molecule has 2 aromatic heterocycles. The Balaban J connectivity index is 1.72. The first-order chi connectivity index (χ1) is 11.1. The molecular weight excluding hydrogens is 301 g/mol. The van der Waals surface area contributed by atoms with Crippen LogP contribution in [0.2, 0.25) is 0 Å². The third-order valence-corrected chi connectivity index (χ3v) is 3.37. The Morgan fingerprint density at radius 3 is 3.00 bits per heavy atom. The number of nitrogens with zero attached hydrogens (tertiary/aromatic N) is 3. The summed E-state index contributed by atoms with van der Waals surface area (Å²) in [4.78, 5) is 30.3. The Morgan fingerprint density at radius 2 is 2.22 bits per heavy atom. The standard InChI is InChI=1S/C15H14FN5O2/c16-10-2-3-13-11(6-10)12(7-14(22)20-13)15(23)18-4-1-5-21-9-17-8-19-21/h2-3,6-9H,1,4-5H2,(H,18,23)(H,20,22). The van der Waals surface area contributed by atoms with Gasteiger partial charge < -0.3 is 10.3 Å². The number of aromatic nitrogens is 4. The van der Waals surface area contributed by atoms with Gasteiger partial charge in [-0.3, -0.25) is 14.3 Å². The number of halogens is 1. The van der Waals surface area contributed by atoms with Gasteiger partial charge in [-0.15, -0.1) is 0 Å². The van der Waals surface area contributed by atoms with E-state index in [1.165, 1.54) is 30.6 Å². The van der Waals surface area contributed by atoms with Gasteiger partial charge in [-0.2, -0.15) is 5.10 Å². The van der Waals surface area contributed by atoms with Crippen LogP contribution >= 0.6 is 0 Å². The normalized spacial score (nSPS) is 10.8. The van der Waals surface area contributed by atoms with Gasteiger partial charge in [0.05, 0.1) is 5.56 Å². The smallest absolute Gasteiger partial charge is 0.252 e. The van der Waals surface area contributed by atoms with Crippen molar-refractivity contribution in [1.29, 1.82) is 0 Å². The molecule has 0 radical (unpaired) electrons. The monoisotopic (exact) mass is 315 g/mol. The third kappa shape index (κ3) is 3.42. The number of pyridine rings is 1. The van der Waals surface area contributed by atoms with Gasteiger partial charge in [0.15, 0.2) is 0 Å². The maximum atomic E-state index is 13.4. The number of aromatic amines is 1. The van der Waals surface area contributed by atoms with E-state index in [0.29, 0.717) is 30.4 Å². The van der Waals surface area contributed by atoms with Crippen molar-refractivity contribution in [2.45, 2.75) is 13.0 Å². The molecule has 7 nitrogen and oxygen atoms in total. The molecule has 0 spiro atoms. The number of amides is 1. The molecule has 0 atom stereocenters. The molecule has 0 aliphatic heterocycles. The first kappa shape index (κ1) is 14.9. The number of hydrogen-bond donors (Lipinski definition) is 2. The fourth-order valence-corrected chi connectivity index (χ4v) is 2.30. The number of carbonyl (C=O) groups is 1. The highest BCUT2D eigenvalue weighted by atomic mass is 19.1. The molecule has 0 fully saturated rings. The average molecular weight is 315 g/mol. The zero-order valence-corrected chi connectivity index (χ0v) is 12.1. The van der Waals surface area contributed by atoms with E-state index in [9.17, 15) is 14.0 Å². The lowest BCUT2D eigenvalue weighted by Gasteiger charge is -2.08. The summed E-state index contributed by atoms with van der Waals surface area (Å²) in [6.07, 6.45) is 3.69. The van der Waals surface area contributed by atoms with Crippen molar-refractivity contribution in [2.75, 3.05) is 6.54 Å². The Kier molecular flexibility index (Phi) is 4.13. The second kappa shape index (κ2) is 6.39. The second-order valence-electron chi connectivity index (χ2n) is 5.01. The molecule has 0 unspecified atom stereocenters. The molecule has 118 valence electrons. The van der Waals surface area contributed by atoms with Crippen molar-refractivity contribution < 1.29 is 9.18 Å². The van der Waals surface area contributed by atoms with Crippen LogP contribution in [0.4, 0.5) is 4.39 Å². The van der Waals surface area contributed by atoms with Crippen molar-refractivity contribution in [3.8, 4) is 0 Å². The topological polar surface area (TPSA) is 92.7 Å². The van der Waals surface area contributed by atoms with Gasteiger partial charge in [-0.1, -0.05) is 0 Å². The minimum atomic E-state index is -0.468. The van der Waals surface area contributed by atoms with Gasteiger partial charge in [0, 0.05) is 30.1 Å². The maximum absolute atomic E-state index is 13.4. The van der Waals surface area contributed by atoms with E-state index in [-0.39, 0.29) is 5.56 Å². The summed E-state index contributed by atoms with van der Waals surface area (Å²) in [7, 11) is 0. The van der Waals surface area contributed by atoms with Crippen LogP contribution in [0, 0.1) is 5.82 Å². The van der Waals surface area contributed by atoms with Crippen LogP contribution in [-0.2, 0) is 6.54 Å². The minimum Gasteiger partial charge on any atom is -0.352 e. The highest BCUT2D eigenvalue weighted by molar-refractivity contribution is 6.05. The fraction of sp³-hybridized carbons (Fsp3) is 0.200. The van der Waals surface area contributed by atoms with Crippen LogP contribution in [0.3, 0.4) is 0 Å². The number of fused-ring (bicyclic) bond motifs is 1. The molecule has 8 heteroatoms. The van der Waals surface area contributed by atoms with Gasteiger partial charge in [0.2, 0.25) is 5.56 Å². The molecule has 0 aliphatic rings. The van der Waals surface area contributed by atoms with Crippen molar-refractivity contribution in [1.82, 2.24) is 25.1 Å². The van der Waals surface area contributed by atoms with E-state index in [1.807, 2.05) is 0 Å². The molecule has 2 heterocycles. The Morgan fingerprint density at radius 1 is 1.35 bits per heavy atom. The van der Waals surface area contributed by atoms with E-state index in [1.54, 1.807) is 11.0 Å². The van der Waals surface area contributed by atoms with E-state index in [4.69, 9.17) is 0 Å². The molecule has 3 aromatic rings. The number of nitrogens with one attached hydrogen (secondary N) is 2. The van der Waals surface area contributed by atoms with E-state index < -0.39 is 17.3 Å². The number of aryl methyl sites for hydroxylation is 1. The number of hydrogen-bond acceptors (Lipinski definition) is 4. The molecule has 1 amide bonds. The Bertz CT molecular complexity index is 889. The van der Waals surface area contributed by atoms with Crippen LogP contribution in [0.15, 0.2) is 41.7 Å². The van der Waals surface area contributed by atoms with E-state index >= 15 is 0 Å². The maximum Gasteiger partial charge on any atom is 0.252 e. The van der Waals surface area contributed by atoms with E-state index in [2.05, 4.69) is 20.4 Å². The van der Waals surface area contributed by atoms with Gasteiger partial charge in [-0.05, 0) is 24.6 Å². The number of benzene rings is 1. The lowest BCUT2D eigenvalue weighted by atomic mass is 10.1. The zero-order chi connectivity index (χ0) is 16.2. The molecule has 1 aromatic carbocycles. The zero-order valence-electron chi connectivity index (χ0n) is 12.1. The summed E-state index contributed by atoms with van der Waals surface area (Å²) in [5, 5.41) is 7.06. The number of H-pyrrole nitrogens is 1. The molecule has 3 rings (SSSR count). The molecule has 0 saturated carbocycles. The summed E-state index contributed by atoms with van der Waals surface area (Å²) < 4.78 is 15.1. The Labute approximate surface area is 130 Å². The highest BCUT2D eigenvalue weighted by Crippen LogP contribution is 2.16. The molecule has 23 heavy (non-hydrogen) atoms. The molecule has 2 N–H and O–H groups in total. The van der Waals surface area contributed by atoms with Crippen LogP contribution in [-0.4, -0.2) is 32.2 Å². The predicted molar refractivity (Wildman–Crippen MR) is 81.5 cm³/mol. The van der Waals surface area contributed by atoms with Gasteiger partial charge in [-0.25, -0.2) is 9.37 Å². The number of carbonyl (C=O) groups excluding carboxylic acids is 1. The minimum absolute atomic E-state index is 0.156. The van der Waals surface area contributed by atoms with Gasteiger partial charge in [0.25, 0.3) is 5.91 Å². The van der Waals surface area contributed by atoms with Crippen molar-refractivity contribution in [3.05, 3.63) is 58.7 Å². The average Bonchev–Trinajstić information content (AvgIpc) is 3.04. The summed E-state index contributed by atoms with van der Waals surface area (Å²) in [5.41, 5.74) is 0.174. The lowest BCUT2D eigenvalue weighted by Crippen LogP contribution is -2.27. The van der Waals surface area contributed by atoms with Gasteiger partial charge >= 0.3 is 0 Å². The van der Waals surface area contributed by atoms with Crippen LogP contribution in [0.5, 0.6) is 0 Å². The van der Waals surface area contributed by atoms with Crippen LogP contribution < -0.4 is 10.9 Å². The first-order valence-electron chi connectivity index (χ1n) is 7.07. The summed E-state index contributed by atoms with van der Waals surface area (Å²) in [6, 6.07) is 5.08. The van der Waals surface area contributed by atoms with Crippen molar-refractivity contribution >= 4 is 16.8 Å². The quantitative estimate of drug-likeness (QED) is 0.689. The van der Waals surface area contributed by atoms with Crippen molar-refractivity contribution in [2.24, 2.45) is 0 Å².